The van der Waals surface area contributed by atoms with Gasteiger partial charge >= 0.3 is 0 Å². The topological polar surface area (TPSA) is 0 Å². The summed E-state index contributed by atoms with van der Waals surface area (Å²) in [5.41, 5.74) is 0. The third-order valence-corrected chi connectivity index (χ3v) is 8.39. The molecule has 0 spiro atoms. The highest BCUT2D eigenvalue weighted by Crippen LogP contribution is 2.40. The molecule has 2 rings (SSSR count). The maximum Gasteiger partial charge on any atom is -0.0233 e. The van der Waals surface area contributed by atoms with E-state index in [-0.39, 0.29) is 0 Å². The summed E-state index contributed by atoms with van der Waals surface area (Å²) in [6.45, 7) is 19.2. The van der Waals surface area contributed by atoms with Crippen LogP contribution in [0.5, 0.6) is 0 Å². The molecule has 0 aromatic carbocycles. The van der Waals surface area contributed by atoms with Gasteiger partial charge in [-0.15, -0.1) is 6.58 Å². The van der Waals surface area contributed by atoms with E-state index in [0.29, 0.717) is 0 Å². The van der Waals surface area contributed by atoms with E-state index in [4.69, 9.17) is 0 Å². The maximum absolute atomic E-state index is 3.36. The van der Waals surface area contributed by atoms with Gasteiger partial charge in [0.15, 0.2) is 0 Å². The molecule has 0 aliphatic heterocycles. The molecule has 0 bridgehead atoms. The van der Waals surface area contributed by atoms with Crippen molar-refractivity contribution in [3.63, 3.8) is 0 Å². The zero-order chi connectivity index (χ0) is 24.2. The van der Waals surface area contributed by atoms with Crippen molar-refractivity contribution in [2.75, 3.05) is 0 Å². The Morgan fingerprint density at radius 2 is 1.28 bits per heavy atom. The maximum atomic E-state index is 3.36. The zero-order valence-electron chi connectivity index (χ0n) is 23.5. The molecule has 0 aromatic heterocycles. The second kappa shape index (κ2) is 21.0. The van der Waals surface area contributed by atoms with Crippen LogP contribution < -0.4 is 0 Å². The third-order valence-electron chi connectivity index (χ3n) is 8.39. The second-order valence-electron chi connectivity index (χ2n) is 11.2. The summed E-state index contributed by atoms with van der Waals surface area (Å²) in [7, 11) is 0. The third kappa shape index (κ3) is 15.3. The van der Waals surface area contributed by atoms with Crippen LogP contribution >= 0.6 is 0 Å². The van der Waals surface area contributed by atoms with Gasteiger partial charge < -0.3 is 0 Å². The molecule has 0 radical (unpaired) electrons. The predicted molar refractivity (Wildman–Crippen MR) is 149 cm³/mol. The Morgan fingerprint density at radius 3 is 1.78 bits per heavy atom. The van der Waals surface area contributed by atoms with Crippen molar-refractivity contribution in [1.29, 1.82) is 0 Å². The van der Waals surface area contributed by atoms with E-state index in [9.17, 15) is 0 Å². The molecule has 0 saturated heterocycles. The normalized spacial score (nSPS) is 24.5. The Bertz CT molecular complexity index is 419. The zero-order valence-corrected chi connectivity index (χ0v) is 23.5. The van der Waals surface area contributed by atoms with Gasteiger partial charge in [-0.3, -0.25) is 0 Å². The Kier molecular flexibility index (Phi) is 20.7. The van der Waals surface area contributed by atoms with Crippen LogP contribution in [-0.4, -0.2) is 0 Å². The van der Waals surface area contributed by atoms with Crippen LogP contribution in [0.15, 0.2) is 24.8 Å². The minimum absolute atomic E-state index is 0.912. The van der Waals surface area contributed by atoms with Crippen LogP contribution in [0.4, 0.5) is 0 Å². The SMILES string of the molecule is C/C=C/C1CCC(C2CCCCC2)CC1.C=CC.CCCCC(C)C(C)CCC(C)CC. The molecule has 2 aliphatic carbocycles. The minimum Gasteiger partial charge on any atom is -0.103 e. The average molecular weight is 447 g/mol. The molecule has 0 N–H and O–H groups in total. The first-order valence-electron chi connectivity index (χ1n) is 14.6. The smallest absolute Gasteiger partial charge is 0.0233 e. The lowest BCUT2D eigenvalue weighted by Crippen LogP contribution is -2.23. The highest BCUT2D eigenvalue weighted by atomic mass is 14.3. The Labute approximate surface area is 205 Å². The molecule has 0 nitrogen and oxygen atoms in total. The van der Waals surface area contributed by atoms with Crippen molar-refractivity contribution in [2.24, 2.45) is 35.5 Å². The van der Waals surface area contributed by atoms with Gasteiger partial charge in [0.25, 0.3) is 0 Å². The van der Waals surface area contributed by atoms with Gasteiger partial charge in [0.05, 0.1) is 0 Å². The standard InChI is InChI=1S/C15H26.C14H30.C3H6/c1-2-6-13-9-11-15(12-10-13)14-7-4-3-5-8-14;1-6-8-9-13(4)14(5)11-10-12(3)7-2;1-3-2/h2,6,13-15H,3-5,7-12H2,1H3;12-14H,6-11H2,1-5H3;3H,1H2,2H3/b6-2+;;. The first-order chi connectivity index (χ1) is 15.4. The number of rotatable bonds is 10. The van der Waals surface area contributed by atoms with E-state index in [0.717, 1.165) is 35.5 Å². The molecule has 3 atom stereocenters. The van der Waals surface area contributed by atoms with Gasteiger partial charge in [-0.1, -0.05) is 123 Å². The van der Waals surface area contributed by atoms with Crippen molar-refractivity contribution in [2.45, 2.75) is 145 Å². The molecule has 190 valence electrons. The molecular weight excluding hydrogens is 384 g/mol. The molecule has 2 saturated carbocycles. The molecule has 2 fully saturated rings. The number of allylic oxidation sites excluding steroid dienone is 3. The minimum atomic E-state index is 0.912. The number of unbranched alkanes of at least 4 members (excludes halogenated alkanes) is 1. The quantitative estimate of drug-likeness (QED) is 0.293. The molecule has 0 heteroatoms. The van der Waals surface area contributed by atoms with Crippen molar-refractivity contribution < 1.29 is 0 Å². The molecule has 0 heterocycles. The van der Waals surface area contributed by atoms with Crippen LogP contribution in [-0.2, 0) is 0 Å². The monoisotopic (exact) mass is 446 g/mol. The first kappa shape index (κ1) is 31.5. The highest BCUT2D eigenvalue weighted by molar-refractivity contribution is 4.90. The van der Waals surface area contributed by atoms with Gasteiger partial charge in [-0.2, -0.15) is 0 Å². The van der Waals surface area contributed by atoms with Gasteiger partial charge in [0, 0.05) is 0 Å². The van der Waals surface area contributed by atoms with Crippen LogP contribution in [0.25, 0.3) is 0 Å². The lowest BCUT2D eigenvalue weighted by Gasteiger charge is -2.35. The highest BCUT2D eigenvalue weighted by Gasteiger charge is 2.27. The molecular formula is C32H62. The summed E-state index contributed by atoms with van der Waals surface area (Å²) in [6, 6.07) is 0. The first-order valence-corrected chi connectivity index (χ1v) is 14.6. The molecule has 0 amide bonds. The predicted octanol–water partition coefficient (Wildman–Crippen LogP) is 11.4. The second-order valence-corrected chi connectivity index (χ2v) is 11.2. The average Bonchev–Trinajstić information content (AvgIpc) is 2.83. The fraction of sp³-hybridized carbons (Fsp3) is 0.875. The summed E-state index contributed by atoms with van der Waals surface area (Å²) in [4.78, 5) is 0. The fourth-order valence-corrected chi connectivity index (χ4v) is 5.53. The largest absolute Gasteiger partial charge is 0.103 e. The fourth-order valence-electron chi connectivity index (χ4n) is 5.53. The van der Waals surface area contributed by atoms with E-state index >= 15 is 0 Å². The van der Waals surface area contributed by atoms with Crippen molar-refractivity contribution in [1.82, 2.24) is 0 Å². The summed E-state index contributed by atoms with van der Waals surface area (Å²) >= 11 is 0. The lowest BCUT2D eigenvalue weighted by atomic mass is 9.71. The summed E-state index contributed by atoms with van der Waals surface area (Å²) in [5.74, 6) is 5.89. The van der Waals surface area contributed by atoms with E-state index in [1.165, 1.54) is 83.5 Å². The lowest BCUT2D eigenvalue weighted by molar-refractivity contribution is 0.180. The van der Waals surface area contributed by atoms with E-state index in [1.807, 2.05) is 6.92 Å². The van der Waals surface area contributed by atoms with Gasteiger partial charge in [-0.05, 0) is 75.0 Å². The Balaban J connectivity index is 0.000000537. The summed E-state index contributed by atoms with van der Waals surface area (Å²) in [5, 5.41) is 0. The van der Waals surface area contributed by atoms with Crippen LogP contribution in [0, 0.1) is 35.5 Å². The van der Waals surface area contributed by atoms with Crippen molar-refractivity contribution in [3.8, 4) is 0 Å². The number of hydrogen-bond acceptors (Lipinski definition) is 0. The van der Waals surface area contributed by atoms with Crippen LogP contribution in [0.1, 0.15) is 145 Å². The van der Waals surface area contributed by atoms with E-state index in [2.05, 4.69) is 60.3 Å². The molecule has 32 heavy (non-hydrogen) atoms. The molecule has 2 aliphatic rings. The number of hydrogen-bond donors (Lipinski definition) is 0. The van der Waals surface area contributed by atoms with Gasteiger partial charge in [0.2, 0.25) is 0 Å². The molecule has 0 aromatic rings. The molecule has 3 unspecified atom stereocenters. The van der Waals surface area contributed by atoms with E-state index < -0.39 is 0 Å². The Hall–Kier alpha value is -0.520. The van der Waals surface area contributed by atoms with E-state index in [1.54, 1.807) is 18.9 Å². The van der Waals surface area contributed by atoms with Gasteiger partial charge in [0.1, 0.15) is 0 Å². The summed E-state index contributed by atoms with van der Waals surface area (Å²) < 4.78 is 0. The van der Waals surface area contributed by atoms with Crippen molar-refractivity contribution in [3.05, 3.63) is 24.8 Å². The van der Waals surface area contributed by atoms with Gasteiger partial charge in [-0.25, -0.2) is 0 Å². The van der Waals surface area contributed by atoms with Crippen molar-refractivity contribution >= 4 is 0 Å². The Morgan fingerprint density at radius 1 is 0.750 bits per heavy atom. The summed E-state index contributed by atoms with van der Waals surface area (Å²) in [6.07, 6.45) is 28.4. The van der Waals surface area contributed by atoms with Crippen LogP contribution in [0.3, 0.4) is 0 Å². The van der Waals surface area contributed by atoms with Crippen LogP contribution in [0.2, 0.25) is 0 Å².